The van der Waals surface area contributed by atoms with Crippen LogP contribution in [0.3, 0.4) is 0 Å². The molecule has 2 aromatic rings. The molecule has 1 amide bonds. The van der Waals surface area contributed by atoms with E-state index in [0.29, 0.717) is 0 Å². The fourth-order valence-electron chi connectivity index (χ4n) is 1.77. The van der Waals surface area contributed by atoms with E-state index in [2.05, 4.69) is 10.2 Å². The van der Waals surface area contributed by atoms with Gasteiger partial charge in [-0.15, -0.1) is 11.3 Å². The highest BCUT2D eigenvalue weighted by Gasteiger charge is 2.22. The van der Waals surface area contributed by atoms with Gasteiger partial charge in [-0.3, -0.25) is 9.89 Å². The van der Waals surface area contributed by atoms with Crippen LogP contribution >= 0.6 is 11.3 Å². The molecular formula is C14H17N3O3S. The molecule has 0 saturated heterocycles. The Balaban J connectivity index is 2.07. The molecule has 0 aliphatic rings. The maximum Gasteiger partial charge on any atom is 0.359 e. The zero-order valence-electron chi connectivity index (χ0n) is 12.3. The second-order valence-electron chi connectivity index (χ2n) is 4.86. The summed E-state index contributed by atoms with van der Waals surface area (Å²) in [5, 5.41) is 6.75. The van der Waals surface area contributed by atoms with E-state index in [9.17, 15) is 9.59 Å². The monoisotopic (exact) mass is 307 g/mol. The molecule has 2 aromatic heterocycles. The van der Waals surface area contributed by atoms with Crippen LogP contribution in [0.5, 0.6) is 0 Å². The van der Waals surface area contributed by atoms with Crippen molar-refractivity contribution in [3.63, 3.8) is 0 Å². The number of aryl methyl sites for hydroxylation is 1. The van der Waals surface area contributed by atoms with Crippen molar-refractivity contribution in [1.29, 1.82) is 0 Å². The number of hydrogen-bond acceptors (Lipinski definition) is 5. The minimum atomic E-state index is -0.836. The van der Waals surface area contributed by atoms with E-state index in [1.165, 1.54) is 16.7 Å². The SMILES string of the molecule is Cc1ccc(-c2cc(C(=O)OC(C)C(=O)N(C)C)n[nH]2)s1. The number of esters is 1. The first kappa shape index (κ1) is 15.2. The summed E-state index contributed by atoms with van der Waals surface area (Å²) in [4.78, 5) is 27.2. The lowest BCUT2D eigenvalue weighted by molar-refractivity contribution is -0.137. The second kappa shape index (κ2) is 6.09. The van der Waals surface area contributed by atoms with Gasteiger partial charge in [0.2, 0.25) is 0 Å². The summed E-state index contributed by atoms with van der Waals surface area (Å²) in [6, 6.07) is 5.58. The molecule has 1 N–H and O–H groups in total. The normalized spacial score (nSPS) is 12.0. The van der Waals surface area contributed by atoms with Crippen molar-refractivity contribution >= 4 is 23.2 Å². The second-order valence-corrected chi connectivity index (χ2v) is 6.15. The molecule has 7 heteroatoms. The lowest BCUT2D eigenvalue weighted by Crippen LogP contribution is -2.34. The Hall–Kier alpha value is -2.15. The first-order valence-electron chi connectivity index (χ1n) is 6.43. The molecule has 1 atom stereocenters. The van der Waals surface area contributed by atoms with Gasteiger partial charge in [0.25, 0.3) is 5.91 Å². The topological polar surface area (TPSA) is 75.3 Å². The molecule has 0 radical (unpaired) electrons. The number of carbonyl (C=O) groups excluding carboxylic acids is 2. The van der Waals surface area contributed by atoms with Gasteiger partial charge in [0.15, 0.2) is 11.8 Å². The van der Waals surface area contributed by atoms with Crippen molar-refractivity contribution in [2.24, 2.45) is 0 Å². The summed E-state index contributed by atoms with van der Waals surface area (Å²) < 4.78 is 5.10. The highest BCUT2D eigenvalue weighted by molar-refractivity contribution is 7.15. The Bertz CT molecular complexity index is 660. The number of aromatic amines is 1. The largest absolute Gasteiger partial charge is 0.448 e. The fourth-order valence-corrected chi connectivity index (χ4v) is 2.60. The van der Waals surface area contributed by atoms with Crippen LogP contribution in [0.25, 0.3) is 10.6 Å². The number of likely N-dealkylation sites (N-methyl/N-ethyl adjacent to an activating group) is 1. The quantitative estimate of drug-likeness (QED) is 0.878. The third-order valence-electron chi connectivity index (χ3n) is 2.87. The number of hydrogen-bond donors (Lipinski definition) is 1. The summed E-state index contributed by atoms with van der Waals surface area (Å²) in [7, 11) is 3.22. The maximum atomic E-state index is 12.0. The molecule has 0 aliphatic heterocycles. The highest BCUT2D eigenvalue weighted by atomic mass is 32.1. The van der Waals surface area contributed by atoms with Crippen LogP contribution in [-0.4, -0.2) is 47.2 Å². The molecule has 0 fully saturated rings. The zero-order chi connectivity index (χ0) is 15.6. The number of H-pyrrole nitrogens is 1. The smallest absolute Gasteiger partial charge is 0.359 e. The Kier molecular flexibility index (Phi) is 4.42. The van der Waals surface area contributed by atoms with E-state index in [4.69, 9.17) is 4.74 Å². The molecule has 2 heterocycles. The van der Waals surface area contributed by atoms with Gasteiger partial charge in [-0.1, -0.05) is 0 Å². The number of nitrogens with one attached hydrogen (secondary N) is 1. The molecule has 112 valence electrons. The van der Waals surface area contributed by atoms with Crippen molar-refractivity contribution in [1.82, 2.24) is 15.1 Å². The summed E-state index contributed by atoms with van der Waals surface area (Å²) >= 11 is 1.60. The van der Waals surface area contributed by atoms with Crippen LogP contribution in [0.4, 0.5) is 0 Å². The number of thiophene rings is 1. The van der Waals surface area contributed by atoms with Gasteiger partial charge in [-0.05, 0) is 32.0 Å². The Morgan fingerprint density at radius 3 is 2.67 bits per heavy atom. The first-order valence-corrected chi connectivity index (χ1v) is 7.24. The third-order valence-corrected chi connectivity index (χ3v) is 3.90. The summed E-state index contributed by atoms with van der Waals surface area (Å²) in [5.41, 5.74) is 0.918. The molecule has 0 aromatic carbocycles. The molecule has 0 aliphatic carbocycles. The molecule has 0 saturated carbocycles. The zero-order valence-corrected chi connectivity index (χ0v) is 13.2. The number of aromatic nitrogens is 2. The average molecular weight is 307 g/mol. The molecule has 1 unspecified atom stereocenters. The van der Waals surface area contributed by atoms with Gasteiger partial charge in [-0.2, -0.15) is 5.10 Å². The van der Waals surface area contributed by atoms with E-state index in [0.717, 1.165) is 10.6 Å². The van der Waals surface area contributed by atoms with Gasteiger partial charge in [0, 0.05) is 19.0 Å². The van der Waals surface area contributed by atoms with E-state index in [1.54, 1.807) is 31.5 Å². The molecule has 0 spiro atoms. The van der Waals surface area contributed by atoms with Crippen LogP contribution in [0.1, 0.15) is 22.3 Å². The van der Waals surface area contributed by atoms with Crippen LogP contribution in [0.2, 0.25) is 0 Å². The summed E-state index contributed by atoms with van der Waals surface area (Å²) in [6.45, 7) is 3.55. The number of ether oxygens (including phenoxy) is 1. The lowest BCUT2D eigenvalue weighted by atomic mass is 10.3. The van der Waals surface area contributed by atoms with E-state index in [-0.39, 0.29) is 11.6 Å². The van der Waals surface area contributed by atoms with Gasteiger partial charge in [-0.25, -0.2) is 4.79 Å². The lowest BCUT2D eigenvalue weighted by Gasteiger charge is -2.16. The van der Waals surface area contributed by atoms with Crippen LogP contribution < -0.4 is 0 Å². The summed E-state index contributed by atoms with van der Waals surface area (Å²) in [6.07, 6.45) is -0.836. The van der Waals surface area contributed by atoms with Gasteiger partial charge < -0.3 is 9.64 Å². The molecule has 0 bridgehead atoms. The van der Waals surface area contributed by atoms with Crippen molar-refractivity contribution in [2.75, 3.05) is 14.1 Å². The molecular weight excluding hydrogens is 290 g/mol. The van der Waals surface area contributed by atoms with Gasteiger partial charge in [0.05, 0.1) is 10.6 Å². The van der Waals surface area contributed by atoms with Crippen molar-refractivity contribution in [3.05, 3.63) is 28.8 Å². The Labute approximate surface area is 126 Å². The summed E-state index contributed by atoms with van der Waals surface area (Å²) in [5.74, 6) is -0.888. The molecule has 21 heavy (non-hydrogen) atoms. The molecule has 6 nitrogen and oxygen atoms in total. The average Bonchev–Trinajstić information content (AvgIpc) is 3.05. The number of rotatable bonds is 4. The fraction of sp³-hybridized carbons (Fsp3) is 0.357. The van der Waals surface area contributed by atoms with E-state index in [1.807, 2.05) is 19.1 Å². The third kappa shape index (κ3) is 3.49. The minimum absolute atomic E-state index is 0.162. The predicted molar refractivity (Wildman–Crippen MR) is 80.2 cm³/mol. The van der Waals surface area contributed by atoms with E-state index >= 15 is 0 Å². The number of carbonyl (C=O) groups is 2. The molecule has 2 rings (SSSR count). The highest BCUT2D eigenvalue weighted by Crippen LogP contribution is 2.26. The number of nitrogens with zero attached hydrogens (tertiary/aromatic N) is 2. The minimum Gasteiger partial charge on any atom is -0.448 e. The van der Waals surface area contributed by atoms with Crippen LogP contribution in [0, 0.1) is 6.92 Å². The standard InChI is InChI=1S/C14H17N3O3S/c1-8-5-6-12(21-8)10-7-11(16-15-10)14(19)20-9(2)13(18)17(3)4/h5-7,9H,1-4H3,(H,15,16). The van der Waals surface area contributed by atoms with Crippen LogP contribution in [0.15, 0.2) is 18.2 Å². The van der Waals surface area contributed by atoms with E-state index < -0.39 is 12.1 Å². The Morgan fingerprint density at radius 1 is 1.38 bits per heavy atom. The van der Waals surface area contributed by atoms with Crippen molar-refractivity contribution in [2.45, 2.75) is 20.0 Å². The number of amides is 1. The predicted octanol–water partition coefficient (Wildman–Crippen LogP) is 2.08. The van der Waals surface area contributed by atoms with Gasteiger partial charge >= 0.3 is 5.97 Å². The van der Waals surface area contributed by atoms with Crippen LogP contribution in [-0.2, 0) is 9.53 Å². The van der Waals surface area contributed by atoms with Gasteiger partial charge in [0.1, 0.15) is 0 Å². The van der Waals surface area contributed by atoms with Crippen molar-refractivity contribution in [3.8, 4) is 10.6 Å². The maximum absolute atomic E-state index is 12.0. The Morgan fingerprint density at radius 2 is 2.10 bits per heavy atom. The van der Waals surface area contributed by atoms with Crippen molar-refractivity contribution < 1.29 is 14.3 Å². The first-order chi connectivity index (χ1) is 9.88.